The Morgan fingerprint density at radius 2 is 2.71 bits per heavy atom. The van der Waals surface area contributed by atoms with E-state index in [1.807, 2.05) is 6.19 Å². The molecule has 0 bridgehead atoms. The van der Waals surface area contributed by atoms with Gasteiger partial charge in [0.1, 0.15) is 0 Å². The van der Waals surface area contributed by atoms with Gasteiger partial charge in [0, 0.05) is 0 Å². The first-order chi connectivity index (χ1) is 3.41. The number of rotatable bonds is 3. The Kier molecular flexibility index (Phi) is 4.52. The van der Waals surface area contributed by atoms with Gasteiger partial charge in [-0.2, -0.15) is 10.9 Å². The van der Waals surface area contributed by atoms with Crippen molar-refractivity contribution in [2.45, 2.75) is 0 Å². The highest BCUT2D eigenvalue weighted by Crippen LogP contribution is 1.46. The summed E-state index contributed by atoms with van der Waals surface area (Å²) >= 11 is 0. The molecule has 3 N–H and O–H groups in total. The van der Waals surface area contributed by atoms with Crippen LogP contribution in [-0.2, 0) is 0 Å². The van der Waals surface area contributed by atoms with E-state index in [2.05, 4.69) is 12.0 Å². The molecule has 0 fully saturated rings. The Bertz CT molecular complexity index is 81.4. The van der Waals surface area contributed by atoms with Crippen molar-refractivity contribution in [3.05, 3.63) is 12.7 Å². The number of nitrogens with two attached hydrogens (primary N) is 1. The van der Waals surface area contributed by atoms with E-state index < -0.39 is 0 Å². The molecule has 0 rings (SSSR count). The van der Waals surface area contributed by atoms with Crippen molar-refractivity contribution in [3.8, 4) is 6.19 Å². The summed E-state index contributed by atoms with van der Waals surface area (Å²) in [5, 5.41) is 7.89. The molecule has 0 saturated carbocycles. The van der Waals surface area contributed by atoms with E-state index in [4.69, 9.17) is 5.26 Å². The summed E-state index contributed by atoms with van der Waals surface area (Å²) in [5.74, 6) is 0. The Balaban J connectivity index is 2.72. The van der Waals surface area contributed by atoms with Crippen LogP contribution in [0.1, 0.15) is 0 Å². The fraction of sp³-hybridized carbons (Fsp3) is 0.250. The average Bonchev–Trinajstić information content (AvgIpc) is 1.69. The third kappa shape index (κ3) is 5.15. The summed E-state index contributed by atoms with van der Waals surface area (Å²) in [6, 6.07) is 0. The van der Waals surface area contributed by atoms with Gasteiger partial charge in [-0.25, -0.2) is 0 Å². The maximum Gasteiger partial charge on any atom is 0.326 e. The van der Waals surface area contributed by atoms with Gasteiger partial charge in [0.25, 0.3) is 0 Å². The molecule has 0 atom stereocenters. The zero-order chi connectivity index (χ0) is 5.54. The minimum Gasteiger partial charge on any atom is -0.170 e. The predicted molar refractivity (Wildman–Crippen MR) is 25.7 cm³/mol. The summed E-state index contributed by atoms with van der Waals surface area (Å²) in [6.07, 6.45) is 3.51. The third-order valence-electron chi connectivity index (χ3n) is 0.429. The maximum atomic E-state index is 7.89. The van der Waals surface area contributed by atoms with Gasteiger partial charge in [0.05, 0.1) is 6.54 Å². The van der Waals surface area contributed by atoms with Crippen molar-refractivity contribution < 1.29 is 5.43 Å². The quantitative estimate of drug-likeness (QED) is 0.152. The highest BCUT2D eigenvalue weighted by atomic mass is 15.3. The first kappa shape index (κ1) is 6.15. The van der Waals surface area contributed by atoms with Gasteiger partial charge in [-0.3, -0.25) is 0 Å². The SMILES string of the molecule is C=CCN[NH2+]C#N. The van der Waals surface area contributed by atoms with E-state index in [-0.39, 0.29) is 0 Å². The van der Waals surface area contributed by atoms with Crippen LogP contribution >= 0.6 is 0 Å². The molecule has 38 valence electrons. The standard InChI is InChI=1S/C4H7N3/c1-2-3-6-7-4-5/h2,6-7H,1,3H2/p+1. The Morgan fingerprint density at radius 3 is 3.14 bits per heavy atom. The van der Waals surface area contributed by atoms with Crippen molar-refractivity contribution in [1.82, 2.24) is 5.43 Å². The van der Waals surface area contributed by atoms with Crippen LogP contribution in [0.3, 0.4) is 0 Å². The lowest BCUT2D eigenvalue weighted by molar-refractivity contribution is -0.631. The van der Waals surface area contributed by atoms with Crippen LogP contribution in [0.2, 0.25) is 0 Å². The second-order valence-corrected chi connectivity index (χ2v) is 0.970. The molecule has 3 nitrogen and oxygen atoms in total. The Hall–Kier alpha value is -0.850. The second kappa shape index (κ2) is 5.15. The molecular formula is C4H8N3+. The van der Waals surface area contributed by atoms with Crippen LogP contribution < -0.4 is 10.9 Å². The van der Waals surface area contributed by atoms with Crippen LogP contribution in [0.15, 0.2) is 12.7 Å². The first-order valence-corrected chi connectivity index (χ1v) is 1.97. The van der Waals surface area contributed by atoms with E-state index >= 15 is 0 Å². The fourth-order valence-electron chi connectivity index (χ4n) is 0.188. The van der Waals surface area contributed by atoms with Crippen molar-refractivity contribution in [2.24, 2.45) is 0 Å². The van der Waals surface area contributed by atoms with Gasteiger partial charge in [0.2, 0.25) is 0 Å². The highest BCUT2D eigenvalue weighted by molar-refractivity contribution is 4.65. The fourth-order valence-corrected chi connectivity index (χ4v) is 0.188. The van der Waals surface area contributed by atoms with Crippen LogP contribution in [-0.4, -0.2) is 6.54 Å². The smallest absolute Gasteiger partial charge is 0.170 e. The summed E-state index contributed by atoms with van der Waals surface area (Å²) in [7, 11) is 0. The molecule has 0 saturated heterocycles. The summed E-state index contributed by atoms with van der Waals surface area (Å²) in [5.41, 5.74) is 4.00. The van der Waals surface area contributed by atoms with E-state index in [0.29, 0.717) is 6.54 Å². The molecule has 0 aromatic heterocycles. The maximum absolute atomic E-state index is 7.89. The Morgan fingerprint density at radius 1 is 2.00 bits per heavy atom. The molecule has 3 heteroatoms. The van der Waals surface area contributed by atoms with Gasteiger partial charge in [-0.15, -0.1) is 11.8 Å². The summed E-state index contributed by atoms with van der Waals surface area (Å²) in [4.78, 5) is 0. The van der Waals surface area contributed by atoms with Crippen LogP contribution in [0.25, 0.3) is 0 Å². The minimum atomic E-state index is 0.660. The second-order valence-electron chi connectivity index (χ2n) is 0.970. The van der Waals surface area contributed by atoms with Gasteiger partial charge in [0.15, 0.2) is 0 Å². The lowest BCUT2D eigenvalue weighted by Gasteiger charge is -1.83. The number of nitrogens with zero attached hydrogens (tertiary/aromatic N) is 1. The molecular weight excluding hydrogens is 90.1 g/mol. The lowest BCUT2D eigenvalue weighted by Crippen LogP contribution is -2.88. The molecule has 0 heterocycles. The molecule has 0 aromatic rings. The minimum absolute atomic E-state index is 0.660. The van der Waals surface area contributed by atoms with Crippen LogP contribution in [0.4, 0.5) is 0 Å². The van der Waals surface area contributed by atoms with E-state index in [9.17, 15) is 0 Å². The summed E-state index contributed by atoms with van der Waals surface area (Å²) in [6.45, 7) is 4.10. The van der Waals surface area contributed by atoms with Gasteiger partial charge >= 0.3 is 6.19 Å². The molecule has 0 amide bonds. The highest BCUT2D eigenvalue weighted by Gasteiger charge is 1.74. The van der Waals surface area contributed by atoms with Crippen molar-refractivity contribution in [3.63, 3.8) is 0 Å². The normalized spacial score (nSPS) is 7.29. The molecule has 0 aliphatic heterocycles. The van der Waals surface area contributed by atoms with Gasteiger partial charge < -0.3 is 0 Å². The van der Waals surface area contributed by atoms with Crippen molar-refractivity contribution in [2.75, 3.05) is 6.54 Å². The summed E-state index contributed by atoms with van der Waals surface area (Å²) < 4.78 is 0. The van der Waals surface area contributed by atoms with E-state index in [1.54, 1.807) is 6.08 Å². The van der Waals surface area contributed by atoms with Crippen molar-refractivity contribution in [1.29, 1.82) is 5.26 Å². The van der Waals surface area contributed by atoms with E-state index in [1.165, 1.54) is 5.43 Å². The van der Waals surface area contributed by atoms with Gasteiger partial charge in [-0.05, 0) is 0 Å². The molecule has 0 aliphatic rings. The number of nitrogens with one attached hydrogen (secondary N) is 1. The number of quaternary nitrogens is 1. The zero-order valence-corrected chi connectivity index (χ0v) is 4.02. The third-order valence-corrected chi connectivity index (χ3v) is 0.429. The van der Waals surface area contributed by atoms with E-state index in [0.717, 1.165) is 0 Å². The Labute approximate surface area is 42.6 Å². The molecule has 0 spiro atoms. The van der Waals surface area contributed by atoms with Crippen LogP contribution in [0.5, 0.6) is 0 Å². The monoisotopic (exact) mass is 98.1 g/mol. The molecule has 0 unspecified atom stereocenters. The van der Waals surface area contributed by atoms with Crippen molar-refractivity contribution >= 4 is 0 Å². The molecule has 0 aromatic carbocycles. The zero-order valence-electron chi connectivity index (χ0n) is 4.02. The molecule has 0 radical (unpaired) electrons. The molecule has 7 heavy (non-hydrogen) atoms. The molecule has 0 aliphatic carbocycles. The largest absolute Gasteiger partial charge is 0.326 e. The number of hydrogen-bond donors (Lipinski definition) is 2. The average molecular weight is 98.1 g/mol. The lowest BCUT2D eigenvalue weighted by atomic mass is 10.7. The van der Waals surface area contributed by atoms with Crippen LogP contribution in [0, 0.1) is 11.5 Å². The number of hydrogen-bond acceptors (Lipinski definition) is 2. The topological polar surface area (TPSA) is 52.4 Å². The predicted octanol–water partition coefficient (Wildman–Crippen LogP) is -1.28. The number of nitriles is 1. The first-order valence-electron chi connectivity index (χ1n) is 1.97. The van der Waals surface area contributed by atoms with Gasteiger partial charge in [-0.1, -0.05) is 6.08 Å².